The number of fused-ring (bicyclic) bond motifs is 2. The van der Waals surface area contributed by atoms with Crippen LogP contribution in [0.3, 0.4) is 0 Å². The van der Waals surface area contributed by atoms with Gasteiger partial charge in [-0.15, -0.1) is 0 Å². The molecule has 194 valence electrons. The molecule has 35 heavy (non-hydrogen) atoms. The Morgan fingerprint density at radius 3 is 2.06 bits per heavy atom. The van der Waals surface area contributed by atoms with Gasteiger partial charge in [0.1, 0.15) is 23.4 Å². The maximum Gasteiger partial charge on any atom is 0.333 e. The molecule has 2 aliphatic heterocycles. The lowest BCUT2D eigenvalue weighted by Gasteiger charge is -2.36. The molecule has 2 heterocycles. The molecule has 1 saturated carbocycles. The van der Waals surface area contributed by atoms with Gasteiger partial charge < -0.3 is 23.7 Å². The third kappa shape index (κ3) is 5.70. The van der Waals surface area contributed by atoms with Gasteiger partial charge in [0.25, 0.3) is 0 Å². The molecule has 0 radical (unpaired) electrons. The zero-order valence-corrected chi connectivity index (χ0v) is 22.0. The van der Waals surface area contributed by atoms with Crippen molar-refractivity contribution in [2.75, 3.05) is 0 Å². The molecule has 3 rings (SSSR count). The number of allylic oxidation sites excluding steroid dienone is 2. The molecular formula is C27H38O8. The Kier molecular flexibility index (Phi) is 7.67. The van der Waals surface area contributed by atoms with Gasteiger partial charge in [0.05, 0.1) is 12.2 Å². The summed E-state index contributed by atoms with van der Waals surface area (Å²) in [5.74, 6) is -1.82. The van der Waals surface area contributed by atoms with Crippen LogP contribution in [0, 0.1) is 5.92 Å². The number of hydrogen-bond acceptors (Lipinski definition) is 8. The highest BCUT2D eigenvalue weighted by Gasteiger charge is 2.69. The summed E-state index contributed by atoms with van der Waals surface area (Å²) in [6, 6.07) is 0. The van der Waals surface area contributed by atoms with E-state index < -0.39 is 53.5 Å². The van der Waals surface area contributed by atoms with Gasteiger partial charge in [0, 0.05) is 30.9 Å². The van der Waals surface area contributed by atoms with Gasteiger partial charge >= 0.3 is 17.9 Å². The largest absolute Gasteiger partial charge is 0.456 e. The van der Waals surface area contributed by atoms with Gasteiger partial charge in [0.15, 0.2) is 6.10 Å². The molecule has 8 unspecified atom stereocenters. The fraction of sp³-hybridized carbons (Fsp3) is 0.667. The fourth-order valence-electron chi connectivity index (χ4n) is 4.87. The zero-order chi connectivity index (χ0) is 26.3. The van der Waals surface area contributed by atoms with Crippen LogP contribution in [0.25, 0.3) is 0 Å². The van der Waals surface area contributed by atoms with E-state index in [0.717, 1.165) is 11.1 Å². The summed E-state index contributed by atoms with van der Waals surface area (Å²) >= 11 is 0. The number of carbonyl (C=O) groups excluding carboxylic acids is 3. The lowest BCUT2D eigenvalue weighted by atomic mass is 9.77. The molecule has 0 amide bonds. The van der Waals surface area contributed by atoms with Gasteiger partial charge in [-0.25, -0.2) is 9.59 Å². The summed E-state index contributed by atoms with van der Waals surface area (Å²) in [6.45, 7) is 18.1. The summed E-state index contributed by atoms with van der Waals surface area (Å²) in [4.78, 5) is 37.5. The molecule has 0 N–H and O–H groups in total. The molecule has 8 atom stereocenters. The first-order chi connectivity index (χ1) is 16.2. The molecule has 2 saturated heterocycles. The standard InChI is InChI=1S/C27H38O8/c1-10-16(6)25(30)32-19-13-21-27(9,35-21)24(31-17(7)28)23(33-22(29)11-14(2)3)18(15(4)5)12-20-26(19,8)34-20/h10-11,18-21,23-24H,4,12-13H2,1-3,5-9H3. The van der Waals surface area contributed by atoms with Crippen molar-refractivity contribution in [2.24, 2.45) is 5.92 Å². The number of ether oxygens (including phenoxy) is 5. The molecule has 0 aromatic heterocycles. The molecule has 0 aromatic carbocycles. The van der Waals surface area contributed by atoms with E-state index in [4.69, 9.17) is 23.7 Å². The lowest BCUT2D eigenvalue weighted by molar-refractivity contribution is -0.173. The summed E-state index contributed by atoms with van der Waals surface area (Å²) in [7, 11) is 0. The van der Waals surface area contributed by atoms with E-state index in [1.807, 2.05) is 20.8 Å². The van der Waals surface area contributed by atoms with Crippen LogP contribution in [-0.4, -0.2) is 59.6 Å². The second kappa shape index (κ2) is 9.90. The van der Waals surface area contributed by atoms with Crippen LogP contribution in [0.4, 0.5) is 0 Å². The molecule has 8 nitrogen and oxygen atoms in total. The van der Waals surface area contributed by atoms with E-state index in [0.29, 0.717) is 18.4 Å². The Morgan fingerprint density at radius 1 is 0.914 bits per heavy atom. The third-order valence-electron chi connectivity index (χ3n) is 7.34. The third-order valence-corrected chi connectivity index (χ3v) is 7.34. The van der Waals surface area contributed by atoms with Crippen molar-refractivity contribution in [3.05, 3.63) is 35.5 Å². The van der Waals surface area contributed by atoms with Gasteiger partial charge in [-0.1, -0.05) is 23.8 Å². The van der Waals surface area contributed by atoms with E-state index in [-0.39, 0.29) is 12.0 Å². The minimum Gasteiger partial charge on any atom is -0.456 e. The molecule has 0 bridgehead atoms. The van der Waals surface area contributed by atoms with Crippen molar-refractivity contribution in [1.29, 1.82) is 0 Å². The SMILES string of the molecule is C=C(C)C1CC2OC2(C)C(OC(=O)C(C)=CC)CC2OC2(C)C(OC(C)=O)C1OC(=O)C=C(C)C. The van der Waals surface area contributed by atoms with Gasteiger partial charge in [-0.3, -0.25) is 4.79 Å². The molecule has 8 heteroatoms. The maximum atomic E-state index is 12.7. The highest BCUT2D eigenvalue weighted by molar-refractivity contribution is 5.87. The highest BCUT2D eigenvalue weighted by atomic mass is 16.7. The normalized spacial score (nSPS) is 38.1. The molecular weight excluding hydrogens is 452 g/mol. The van der Waals surface area contributed by atoms with Crippen LogP contribution < -0.4 is 0 Å². The Balaban J connectivity index is 2.01. The number of hydrogen-bond donors (Lipinski definition) is 0. The zero-order valence-electron chi connectivity index (χ0n) is 22.0. The number of esters is 3. The minimum absolute atomic E-state index is 0.265. The van der Waals surface area contributed by atoms with Crippen molar-refractivity contribution in [1.82, 2.24) is 0 Å². The van der Waals surface area contributed by atoms with Crippen molar-refractivity contribution in [3.8, 4) is 0 Å². The number of carbonyl (C=O) groups is 3. The van der Waals surface area contributed by atoms with E-state index in [9.17, 15) is 14.4 Å². The van der Waals surface area contributed by atoms with E-state index in [2.05, 4.69) is 6.58 Å². The average molecular weight is 491 g/mol. The van der Waals surface area contributed by atoms with Crippen molar-refractivity contribution >= 4 is 17.9 Å². The topological polar surface area (TPSA) is 104 Å². The van der Waals surface area contributed by atoms with Crippen molar-refractivity contribution in [3.63, 3.8) is 0 Å². The van der Waals surface area contributed by atoms with Crippen LogP contribution in [0.15, 0.2) is 35.5 Å². The highest BCUT2D eigenvalue weighted by Crippen LogP contribution is 2.54. The van der Waals surface area contributed by atoms with Crippen LogP contribution in [0.5, 0.6) is 0 Å². The van der Waals surface area contributed by atoms with Gasteiger partial charge in [-0.05, 0) is 54.9 Å². The first-order valence-corrected chi connectivity index (χ1v) is 12.1. The predicted molar refractivity (Wildman–Crippen MR) is 128 cm³/mol. The molecule has 3 aliphatic rings. The van der Waals surface area contributed by atoms with E-state index in [1.165, 1.54) is 13.0 Å². The summed E-state index contributed by atoms with van der Waals surface area (Å²) in [5.41, 5.74) is 0.401. The Bertz CT molecular complexity index is 960. The van der Waals surface area contributed by atoms with Gasteiger partial charge in [0.2, 0.25) is 0 Å². The van der Waals surface area contributed by atoms with Crippen LogP contribution in [-0.2, 0) is 38.1 Å². The average Bonchev–Trinajstić information content (AvgIpc) is 3.61. The second-order valence-electron chi connectivity index (χ2n) is 10.5. The van der Waals surface area contributed by atoms with Crippen LogP contribution in [0.1, 0.15) is 68.2 Å². The molecule has 0 spiro atoms. The monoisotopic (exact) mass is 490 g/mol. The summed E-state index contributed by atoms with van der Waals surface area (Å²) < 4.78 is 29.8. The van der Waals surface area contributed by atoms with Gasteiger partial charge in [-0.2, -0.15) is 0 Å². The molecule has 3 fully saturated rings. The first kappa shape index (κ1) is 27.1. The van der Waals surface area contributed by atoms with Crippen molar-refractivity contribution in [2.45, 2.75) is 110 Å². The number of rotatable bonds is 6. The smallest absolute Gasteiger partial charge is 0.333 e. The quantitative estimate of drug-likeness (QED) is 0.181. The minimum atomic E-state index is -0.937. The predicted octanol–water partition coefficient (Wildman–Crippen LogP) is 3.98. The lowest BCUT2D eigenvalue weighted by Crippen LogP contribution is -2.51. The second-order valence-corrected chi connectivity index (χ2v) is 10.5. The van der Waals surface area contributed by atoms with Crippen LogP contribution >= 0.6 is 0 Å². The van der Waals surface area contributed by atoms with E-state index in [1.54, 1.807) is 33.8 Å². The first-order valence-electron chi connectivity index (χ1n) is 12.1. The molecule has 1 aliphatic carbocycles. The fourth-order valence-corrected chi connectivity index (χ4v) is 4.87. The summed E-state index contributed by atoms with van der Waals surface area (Å²) in [6.07, 6.45) is 0.991. The van der Waals surface area contributed by atoms with Crippen LogP contribution in [0.2, 0.25) is 0 Å². The Labute approximate surface area is 207 Å². The Morgan fingerprint density at radius 2 is 1.51 bits per heavy atom. The van der Waals surface area contributed by atoms with Crippen molar-refractivity contribution < 1.29 is 38.1 Å². The number of epoxide rings is 2. The maximum absolute atomic E-state index is 12.7. The summed E-state index contributed by atoms with van der Waals surface area (Å²) in [5, 5.41) is 0. The van der Waals surface area contributed by atoms with E-state index >= 15 is 0 Å². The Hall–Kier alpha value is -2.45. The molecule has 0 aromatic rings.